The second-order valence-electron chi connectivity index (χ2n) is 6.34. The molecule has 2 aliphatic heterocycles. The molecule has 0 unspecified atom stereocenters. The molecule has 1 amide bonds. The second kappa shape index (κ2) is 6.94. The Hall–Kier alpha value is -1.87. The van der Waals surface area contributed by atoms with E-state index in [1.54, 1.807) is 6.20 Å². The fourth-order valence-electron chi connectivity index (χ4n) is 3.39. The third kappa shape index (κ3) is 3.18. The number of carbonyl (C=O) groups is 1. The summed E-state index contributed by atoms with van der Waals surface area (Å²) in [5.74, 6) is 2.24. The minimum absolute atomic E-state index is 0.0426. The minimum atomic E-state index is 0.0426. The molecule has 9 heteroatoms. The Labute approximate surface area is 144 Å². The van der Waals surface area contributed by atoms with Gasteiger partial charge in [-0.3, -0.25) is 9.69 Å². The Bertz CT molecular complexity index is 691. The lowest BCUT2D eigenvalue weighted by Crippen LogP contribution is -2.48. The third-order valence-electron chi connectivity index (χ3n) is 4.78. The van der Waals surface area contributed by atoms with E-state index in [9.17, 15) is 4.79 Å². The van der Waals surface area contributed by atoms with Crippen molar-refractivity contribution in [2.24, 2.45) is 0 Å². The smallest absolute Gasteiger partial charge is 0.267 e. The van der Waals surface area contributed by atoms with Gasteiger partial charge < -0.3 is 9.47 Å². The van der Waals surface area contributed by atoms with Crippen LogP contribution in [0.1, 0.15) is 40.6 Å². The highest BCUT2D eigenvalue weighted by atomic mass is 32.1. The summed E-state index contributed by atoms with van der Waals surface area (Å²) < 4.78 is 6.07. The number of hydrogen-bond donors (Lipinski definition) is 0. The van der Waals surface area contributed by atoms with Crippen LogP contribution in [-0.2, 0) is 19.5 Å². The Morgan fingerprint density at radius 3 is 2.75 bits per heavy atom. The molecular weight excluding hydrogens is 326 g/mol. The van der Waals surface area contributed by atoms with E-state index in [1.807, 2.05) is 4.90 Å². The molecule has 0 atom stereocenters. The van der Waals surface area contributed by atoms with Gasteiger partial charge in [0.1, 0.15) is 16.5 Å². The lowest BCUT2D eigenvalue weighted by Gasteiger charge is -2.34. The van der Waals surface area contributed by atoms with Crippen molar-refractivity contribution in [1.82, 2.24) is 34.2 Å². The fraction of sp³-hybridized carbons (Fsp3) is 0.667. The number of carbonyl (C=O) groups excluding carboxylic acids is 1. The van der Waals surface area contributed by atoms with Gasteiger partial charge in [-0.15, -0.1) is 15.3 Å². The van der Waals surface area contributed by atoms with Crippen molar-refractivity contribution >= 4 is 17.4 Å². The van der Waals surface area contributed by atoms with Gasteiger partial charge in [0.05, 0.1) is 12.7 Å². The molecule has 0 radical (unpaired) electrons. The lowest BCUT2D eigenvalue weighted by atomic mass is 10.2. The molecule has 0 spiro atoms. The Balaban J connectivity index is 1.35. The van der Waals surface area contributed by atoms with Crippen LogP contribution in [0.4, 0.5) is 0 Å². The summed E-state index contributed by atoms with van der Waals surface area (Å²) in [4.78, 5) is 17.2. The van der Waals surface area contributed by atoms with Crippen molar-refractivity contribution in [3.8, 4) is 0 Å². The average Bonchev–Trinajstić information content (AvgIpc) is 3.21. The third-order valence-corrected chi connectivity index (χ3v) is 5.44. The van der Waals surface area contributed by atoms with Crippen molar-refractivity contribution in [1.29, 1.82) is 0 Å². The van der Waals surface area contributed by atoms with Crippen LogP contribution >= 0.6 is 11.5 Å². The summed E-state index contributed by atoms with van der Waals surface area (Å²) in [6.45, 7) is 5.04. The largest absolute Gasteiger partial charge is 0.335 e. The molecule has 2 aromatic rings. The number of rotatable bonds is 3. The average molecular weight is 347 g/mol. The number of fused-ring (bicyclic) bond motifs is 1. The molecular formula is C15H21N7OS. The SMILES string of the molecule is O=C(c1cnns1)N1CCN(Cc2nnc3n2CCCCC3)CC1. The molecule has 2 aromatic heterocycles. The van der Waals surface area contributed by atoms with Crippen LogP contribution < -0.4 is 0 Å². The summed E-state index contributed by atoms with van der Waals surface area (Å²) in [5.41, 5.74) is 0. The summed E-state index contributed by atoms with van der Waals surface area (Å²) in [6, 6.07) is 0. The van der Waals surface area contributed by atoms with Gasteiger partial charge in [0, 0.05) is 39.1 Å². The van der Waals surface area contributed by atoms with Crippen LogP contribution in [-0.4, -0.2) is 66.2 Å². The van der Waals surface area contributed by atoms with E-state index >= 15 is 0 Å². The van der Waals surface area contributed by atoms with Crippen LogP contribution in [0, 0.1) is 0 Å². The number of aromatic nitrogens is 5. The number of nitrogens with zero attached hydrogens (tertiary/aromatic N) is 7. The molecule has 8 nitrogen and oxygen atoms in total. The van der Waals surface area contributed by atoms with Crippen LogP contribution in [0.15, 0.2) is 6.20 Å². The van der Waals surface area contributed by atoms with Gasteiger partial charge >= 0.3 is 0 Å². The zero-order valence-corrected chi connectivity index (χ0v) is 14.4. The van der Waals surface area contributed by atoms with Crippen molar-refractivity contribution in [2.75, 3.05) is 26.2 Å². The predicted octanol–water partition coefficient (Wildman–Crippen LogP) is 0.814. The minimum Gasteiger partial charge on any atom is -0.335 e. The summed E-state index contributed by atoms with van der Waals surface area (Å²) in [5, 5.41) is 12.5. The van der Waals surface area contributed by atoms with Gasteiger partial charge in [-0.25, -0.2) is 0 Å². The molecule has 0 bridgehead atoms. The van der Waals surface area contributed by atoms with Crippen LogP contribution in [0.3, 0.4) is 0 Å². The Morgan fingerprint density at radius 1 is 1.08 bits per heavy atom. The van der Waals surface area contributed by atoms with Gasteiger partial charge in [-0.2, -0.15) is 0 Å². The molecule has 1 fully saturated rings. The standard InChI is InChI=1S/C15H21N7OS/c23-15(12-10-16-19-24-12)21-8-6-20(7-9-21)11-14-18-17-13-4-2-1-3-5-22(13)14/h10H,1-9,11H2. The summed E-state index contributed by atoms with van der Waals surface area (Å²) in [6.07, 6.45) is 6.29. The fourth-order valence-corrected chi connectivity index (χ4v) is 3.87. The van der Waals surface area contributed by atoms with E-state index in [0.29, 0.717) is 4.88 Å². The van der Waals surface area contributed by atoms with E-state index in [4.69, 9.17) is 0 Å². The first-order valence-electron chi connectivity index (χ1n) is 8.51. The van der Waals surface area contributed by atoms with E-state index in [-0.39, 0.29) is 5.91 Å². The molecule has 2 aliphatic rings. The first kappa shape index (κ1) is 15.6. The predicted molar refractivity (Wildman–Crippen MR) is 88.7 cm³/mol. The lowest BCUT2D eigenvalue weighted by molar-refractivity contribution is 0.0628. The molecule has 1 saturated heterocycles. The maximum atomic E-state index is 12.3. The van der Waals surface area contributed by atoms with Gasteiger partial charge in [0.15, 0.2) is 0 Å². The van der Waals surface area contributed by atoms with E-state index in [1.165, 1.54) is 19.3 Å². The van der Waals surface area contributed by atoms with Crippen LogP contribution in [0.25, 0.3) is 0 Å². The monoisotopic (exact) mass is 347 g/mol. The Morgan fingerprint density at radius 2 is 1.96 bits per heavy atom. The van der Waals surface area contributed by atoms with Crippen LogP contribution in [0.2, 0.25) is 0 Å². The molecule has 4 heterocycles. The number of hydrogen-bond acceptors (Lipinski definition) is 7. The maximum Gasteiger partial charge on any atom is 0.267 e. The maximum absolute atomic E-state index is 12.3. The second-order valence-corrected chi connectivity index (χ2v) is 7.13. The van der Waals surface area contributed by atoms with Crippen molar-refractivity contribution in [3.05, 3.63) is 22.7 Å². The van der Waals surface area contributed by atoms with E-state index in [0.717, 1.165) is 68.9 Å². The normalized spacial score (nSPS) is 19.1. The van der Waals surface area contributed by atoms with Gasteiger partial charge in [0.25, 0.3) is 5.91 Å². The molecule has 0 saturated carbocycles. The molecule has 4 rings (SSSR count). The van der Waals surface area contributed by atoms with Crippen molar-refractivity contribution in [3.63, 3.8) is 0 Å². The van der Waals surface area contributed by atoms with Crippen molar-refractivity contribution in [2.45, 2.75) is 38.8 Å². The number of amides is 1. The van der Waals surface area contributed by atoms with Crippen molar-refractivity contribution < 1.29 is 4.79 Å². The number of aryl methyl sites for hydroxylation is 1. The quantitative estimate of drug-likeness (QED) is 0.818. The number of piperazine rings is 1. The Kier molecular flexibility index (Phi) is 4.52. The van der Waals surface area contributed by atoms with Gasteiger partial charge in [-0.05, 0) is 24.4 Å². The van der Waals surface area contributed by atoms with E-state index in [2.05, 4.69) is 29.3 Å². The molecule has 128 valence electrons. The van der Waals surface area contributed by atoms with Gasteiger partial charge in [-0.1, -0.05) is 10.9 Å². The van der Waals surface area contributed by atoms with E-state index < -0.39 is 0 Å². The summed E-state index contributed by atoms with van der Waals surface area (Å²) >= 11 is 1.16. The van der Waals surface area contributed by atoms with Crippen LogP contribution in [0.5, 0.6) is 0 Å². The topological polar surface area (TPSA) is 80.0 Å². The summed E-state index contributed by atoms with van der Waals surface area (Å²) in [7, 11) is 0. The zero-order chi connectivity index (χ0) is 16.4. The molecule has 24 heavy (non-hydrogen) atoms. The molecule has 0 N–H and O–H groups in total. The first-order valence-corrected chi connectivity index (χ1v) is 9.28. The highest BCUT2D eigenvalue weighted by Crippen LogP contribution is 2.17. The van der Waals surface area contributed by atoms with Gasteiger partial charge in [0.2, 0.25) is 0 Å². The highest BCUT2D eigenvalue weighted by molar-refractivity contribution is 7.07. The zero-order valence-electron chi connectivity index (χ0n) is 13.6. The first-order chi connectivity index (χ1) is 11.8. The molecule has 0 aromatic carbocycles. The highest BCUT2D eigenvalue weighted by Gasteiger charge is 2.25. The molecule has 0 aliphatic carbocycles.